The Morgan fingerprint density at radius 3 is 3.15 bits per heavy atom. The quantitative estimate of drug-likeness (QED) is 0.642. The summed E-state index contributed by atoms with van der Waals surface area (Å²) in [5, 5.41) is 10.2. The Morgan fingerprint density at radius 2 is 2.38 bits per heavy atom. The van der Waals surface area contributed by atoms with Gasteiger partial charge in [-0.25, -0.2) is 9.79 Å². The van der Waals surface area contributed by atoms with E-state index in [0.29, 0.717) is 11.9 Å². The summed E-state index contributed by atoms with van der Waals surface area (Å²) >= 11 is 0. The van der Waals surface area contributed by atoms with Crippen molar-refractivity contribution in [1.29, 1.82) is 0 Å². The summed E-state index contributed by atoms with van der Waals surface area (Å²) in [7, 11) is 0. The van der Waals surface area contributed by atoms with Crippen molar-refractivity contribution < 1.29 is 14.6 Å². The zero-order chi connectivity index (χ0) is 9.26. The van der Waals surface area contributed by atoms with Gasteiger partial charge in [-0.1, -0.05) is 0 Å². The second-order valence-electron chi connectivity index (χ2n) is 2.65. The van der Waals surface area contributed by atoms with E-state index in [0.717, 1.165) is 5.36 Å². The number of hydrogen-bond acceptors (Lipinski definition) is 3. The van der Waals surface area contributed by atoms with Crippen molar-refractivity contribution in [3.63, 3.8) is 0 Å². The van der Waals surface area contributed by atoms with Crippen LogP contribution in [0.5, 0.6) is 0 Å². The van der Waals surface area contributed by atoms with Gasteiger partial charge in [0.2, 0.25) is 0 Å². The van der Waals surface area contributed by atoms with Crippen molar-refractivity contribution in [2.45, 2.75) is 0 Å². The number of carbonyl (C=O) groups is 1. The minimum Gasteiger partial charge on any atom is -0.478 e. The van der Waals surface area contributed by atoms with E-state index in [-0.39, 0.29) is 5.56 Å². The third kappa shape index (κ3) is 1.38. The second-order valence-corrected chi connectivity index (χ2v) is 2.65. The summed E-state index contributed by atoms with van der Waals surface area (Å²) in [6.07, 6.45) is 1.52. The number of nitrogens with zero attached hydrogens (tertiary/aromatic N) is 1. The van der Waals surface area contributed by atoms with Gasteiger partial charge < -0.3 is 9.84 Å². The van der Waals surface area contributed by atoms with Gasteiger partial charge in [-0.05, 0) is 18.2 Å². The normalized spacial score (nSPS) is 13.2. The molecule has 1 aromatic rings. The van der Waals surface area contributed by atoms with Crippen LogP contribution in [0.4, 0.5) is 0 Å². The Labute approximate surface area is 73.8 Å². The molecule has 1 aromatic carbocycles. The molecular weight excluding hydrogens is 170 g/mol. The first-order valence-corrected chi connectivity index (χ1v) is 3.77. The van der Waals surface area contributed by atoms with E-state index in [9.17, 15) is 4.79 Å². The van der Waals surface area contributed by atoms with Crippen LogP contribution >= 0.6 is 0 Å². The number of aromatic carboxylic acids is 1. The van der Waals surface area contributed by atoms with Gasteiger partial charge in [-0.3, -0.25) is 0 Å². The zero-order valence-corrected chi connectivity index (χ0v) is 6.73. The molecule has 1 aliphatic heterocycles. The Bertz CT molecular complexity index is 464. The standard InChI is InChI=1S/C9H7NO3/c11-9(12)6-1-2-8-7(3-6)4-13-5-10-8/h1-4H,5H2,(H,11,12). The molecule has 1 heterocycles. The molecule has 0 amide bonds. The van der Waals surface area contributed by atoms with E-state index in [4.69, 9.17) is 9.84 Å². The van der Waals surface area contributed by atoms with E-state index in [2.05, 4.69) is 4.99 Å². The van der Waals surface area contributed by atoms with Gasteiger partial charge in [-0.2, -0.15) is 0 Å². The van der Waals surface area contributed by atoms with E-state index >= 15 is 0 Å². The summed E-state index contributed by atoms with van der Waals surface area (Å²) in [6, 6.07) is 4.75. The SMILES string of the molecule is O=C(O)c1ccc2c(c1)=COCN=2. The summed E-state index contributed by atoms with van der Waals surface area (Å²) in [5.74, 6) is -0.943. The van der Waals surface area contributed by atoms with Gasteiger partial charge in [0.05, 0.1) is 17.2 Å². The van der Waals surface area contributed by atoms with Crippen LogP contribution in [0.1, 0.15) is 10.4 Å². The molecule has 0 radical (unpaired) electrons. The van der Waals surface area contributed by atoms with E-state index < -0.39 is 5.97 Å². The molecule has 0 bridgehead atoms. The van der Waals surface area contributed by atoms with Crippen LogP contribution in [0.15, 0.2) is 23.2 Å². The molecule has 13 heavy (non-hydrogen) atoms. The lowest BCUT2D eigenvalue weighted by Gasteiger charge is -2.02. The predicted molar refractivity (Wildman–Crippen MR) is 44.6 cm³/mol. The first-order valence-electron chi connectivity index (χ1n) is 3.77. The van der Waals surface area contributed by atoms with Crippen molar-refractivity contribution >= 4 is 12.2 Å². The number of benzene rings is 1. The molecule has 2 rings (SSSR count). The van der Waals surface area contributed by atoms with Crippen molar-refractivity contribution in [3.05, 3.63) is 34.3 Å². The Kier molecular flexibility index (Phi) is 1.73. The largest absolute Gasteiger partial charge is 0.478 e. The smallest absolute Gasteiger partial charge is 0.335 e. The van der Waals surface area contributed by atoms with Gasteiger partial charge in [0, 0.05) is 5.22 Å². The summed E-state index contributed by atoms with van der Waals surface area (Å²) in [4.78, 5) is 14.6. The maximum absolute atomic E-state index is 10.6. The zero-order valence-electron chi connectivity index (χ0n) is 6.73. The minimum absolute atomic E-state index is 0.246. The summed E-state index contributed by atoms with van der Waals surface area (Å²) in [5.41, 5.74) is 0.246. The Hall–Kier alpha value is -1.84. The number of fused-ring (bicyclic) bond motifs is 1. The third-order valence-electron chi connectivity index (χ3n) is 1.79. The highest BCUT2D eigenvalue weighted by molar-refractivity contribution is 5.87. The van der Waals surface area contributed by atoms with Gasteiger partial charge in [-0.15, -0.1) is 0 Å². The fraction of sp³-hybridized carbons (Fsp3) is 0.111. The highest BCUT2D eigenvalue weighted by Crippen LogP contribution is 1.92. The Morgan fingerprint density at radius 1 is 1.54 bits per heavy atom. The predicted octanol–water partition coefficient (Wildman–Crippen LogP) is -0.270. The number of hydrogen-bond donors (Lipinski definition) is 1. The van der Waals surface area contributed by atoms with Crippen LogP contribution in [-0.2, 0) is 4.74 Å². The van der Waals surface area contributed by atoms with Crippen LogP contribution in [0.25, 0.3) is 6.26 Å². The van der Waals surface area contributed by atoms with Gasteiger partial charge in [0.15, 0.2) is 6.73 Å². The monoisotopic (exact) mass is 177 g/mol. The van der Waals surface area contributed by atoms with E-state index in [1.165, 1.54) is 12.3 Å². The molecule has 0 atom stereocenters. The van der Waals surface area contributed by atoms with Crippen molar-refractivity contribution in [2.75, 3.05) is 6.73 Å². The molecule has 0 aromatic heterocycles. The number of ether oxygens (including phenoxy) is 1. The topological polar surface area (TPSA) is 58.9 Å². The summed E-state index contributed by atoms with van der Waals surface area (Å²) in [6.45, 7) is 0.305. The van der Waals surface area contributed by atoms with Gasteiger partial charge in [0.1, 0.15) is 0 Å². The van der Waals surface area contributed by atoms with E-state index in [1.54, 1.807) is 12.1 Å². The average Bonchev–Trinajstić information content (AvgIpc) is 2.17. The molecule has 1 N–H and O–H groups in total. The van der Waals surface area contributed by atoms with Crippen LogP contribution in [0.2, 0.25) is 0 Å². The molecule has 66 valence electrons. The molecule has 4 heteroatoms. The second kappa shape index (κ2) is 2.90. The maximum Gasteiger partial charge on any atom is 0.335 e. The molecule has 0 saturated heterocycles. The molecule has 1 aliphatic rings. The van der Waals surface area contributed by atoms with Crippen LogP contribution in [0.3, 0.4) is 0 Å². The molecule has 0 aliphatic carbocycles. The summed E-state index contributed by atoms with van der Waals surface area (Å²) < 4.78 is 4.95. The van der Waals surface area contributed by atoms with Crippen molar-refractivity contribution in [1.82, 2.24) is 0 Å². The minimum atomic E-state index is -0.943. The maximum atomic E-state index is 10.6. The molecule has 4 nitrogen and oxygen atoms in total. The molecule has 0 fully saturated rings. The lowest BCUT2D eigenvalue weighted by Crippen LogP contribution is -2.29. The molecule has 0 spiro atoms. The average molecular weight is 177 g/mol. The van der Waals surface area contributed by atoms with Crippen molar-refractivity contribution in [2.24, 2.45) is 4.99 Å². The van der Waals surface area contributed by atoms with Gasteiger partial charge in [0.25, 0.3) is 0 Å². The number of rotatable bonds is 1. The van der Waals surface area contributed by atoms with E-state index in [1.807, 2.05) is 0 Å². The van der Waals surface area contributed by atoms with Crippen LogP contribution in [-0.4, -0.2) is 17.8 Å². The Balaban J connectivity index is 2.67. The lowest BCUT2D eigenvalue weighted by atomic mass is 10.2. The fourth-order valence-corrected chi connectivity index (χ4v) is 1.16. The molecular formula is C9H7NO3. The molecule has 0 saturated carbocycles. The number of carboxylic acid groups (broad SMARTS) is 1. The highest BCUT2D eigenvalue weighted by atomic mass is 16.5. The first kappa shape index (κ1) is 7.79. The first-order chi connectivity index (χ1) is 6.27. The van der Waals surface area contributed by atoms with Gasteiger partial charge >= 0.3 is 5.97 Å². The van der Waals surface area contributed by atoms with Crippen LogP contribution in [0, 0.1) is 0 Å². The number of carboxylic acids is 1. The molecule has 0 unspecified atom stereocenters. The van der Waals surface area contributed by atoms with Crippen molar-refractivity contribution in [3.8, 4) is 0 Å². The fourth-order valence-electron chi connectivity index (χ4n) is 1.16. The van der Waals surface area contributed by atoms with Crippen LogP contribution < -0.4 is 10.6 Å². The lowest BCUT2D eigenvalue weighted by molar-refractivity contribution is 0.0696. The third-order valence-corrected chi connectivity index (χ3v) is 1.79. The highest BCUT2D eigenvalue weighted by Gasteiger charge is 2.03.